The van der Waals surface area contributed by atoms with Gasteiger partial charge in [0.15, 0.2) is 5.58 Å². The molecule has 2 aromatic carbocycles. The zero-order valence-electron chi connectivity index (χ0n) is 11.7. The Morgan fingerprint density at radius 1 is 1.00 bits per heavy atom. The zero-order valence-corrected chi connectivity index (χ0v) is 11.7. The molecule has 2 aromatic heterocycles. The first-order valence-corrected chi connectivity index (χ1v) is 6.77. The smallest absolute Gasteiger partial charge is 0.400 e. The van der Waals surface area contributed by atoms with Crippen LogP contribution in [-0.4, -0.2) is 4.98 Å². The third-order valence-electron chi connectivity index (χ3n) is 3.40. The van der Waals surface area contributed by atoms with Gasteiger partial charge in [-0.1, -0.05) is 12.1 Å². The topological polar surface area (TPSA) is 65.5 Å². The third kappa shape index (κ3) is 2.13. The van der Waals surface area contributed by atoms with E-state index < -0.39 is 0 Å². The fourth-order valence-corrected chi connectivity index (χ4v) is 2.36. The number of rotatable bonds is 2. The SMILES string of the molecule is Cc1cc(=O)oc2cc(Oc3nc4ccccc4o3)ccc12. The van der Waals surface area contributed by atoms with Crippen molar-refractivity contribution in [2.75, 3.05) is 0 Å². The van der Waals surface area contributed by atoms with E-state index in [-0.39, 0.29) is 11.7 Å². The van der Waals surface area contributed by atoms with E-state index in [1.807, 2.05) is 37.3 Å². The van der Waals surface area contributed by atoms with E-state index in [2.05, 4.69) is 4.98 Å². The molecular formula is C17H11NO4. The van der Waals surface area contributed by atoms with E-state index in [9.17, 15) is 4.79 Å². The maximum atomic E-state index is 11.5. The van der Waals surface area contributed by atoms with Crippen LogP contribution in [0.25, 0.3) is 22.1 Å². The number of benzene rings is 2. The fraction of sp³-hybridized carbons (Fsp3) is 0.0588. The molecular weight excluding hydrogens is 282 g/mol. The maximum absolute atomic E-state index is 11.5. The van der Waals surface area contributed by atoms with Crippen molar-refractivity contribution in [1.29, 1.82) is 0 Å². The summed E-state index contributed by atoms with van der Waals surface area (Å²) >= 11 is 0. The summed E-state index contributed by atoms with van der Waals surface area (Å²) < 4.78 is 16.3. The van der Waals surface area contributed by atoms with Crippen LogP contribution in [0, 0.1) is 6.92 Å². The number of hydrogen-bond acceptors (Lipinski definition) is 5. The van der Waals surface area contributed by atoms with Crippen molar-refractivity contribution in [2.45, 2.75) is 6.92 Å². The van der Waals surface area contributed by atoms with E-state index >= 15 is 0 Å². The van der Waals surface area contributed by atoms with Gasteiger partial charge in [0.2, 0.25) is 0 Å². The largest absolute Gasteiger partial charge is 0.423 e. The van der Waals surface area contributed by atoms with Crippen LogP contribution >= 0.6 is 0 Å². The van der Waals surface area contributed by atoms with Crippen molar-refractivity contribution < 1.29 is 13.6 Å². The van der Waals surface area contributed by atoms with Crippen molar-refractivity contribution in [1.82, 2.24) is 4.98 Å². The number of oxazole rings is 1. The molecule has 2 heterocycles. The Bertz CT molecular complexity index is 1010. The molecule has 0 bridgehead atoms. The Hall–Kier alpha value is -3.08. The minimum atomic E-state index is -0.385. The first-order chi connectivity index (χ1) is 10.7. The van der Waals surface area contributed by atoms with Gasteiger partial charge in [-0.2, -0.15) is 4.98 Å². The molecule has 0 N–H and O–H groups in total. The quantitative estimate of drug-likeness (QED) is 0.522. The van der Waals surface area contributed by atoms with E-state index in [0.717, 1.165) is 16.5 Å². The van der Waals surface area contributed by atoms with Gasteiger partial charge in [0.25, 0.3) is 0 Å². The first-order valence-electron chi connectivity index (χ1n) is 6.77. The predicted molar refractivity (Wildman–Crippen MR) is 81.3 cm³/mol. The monoisotopic (exact) mass is 293 g/mol. The summed E-state index contributed by atoms with van der Waals surface area (Å²) in [6.07, 6.45) is 0.149. The average molecular weight is 293 g/mol. The van der Waals surface area contributed by atoms with Gasteiger partial charge in [-0.3, -0.25) is 0 Å². The minimum absolute atomic E-state index is 0.149. The molecule has 0 saturated heterocycles. The van der Waals surface area contributed by atoms with Gasteiger partial charge in [0, 0.05) is 17.5 Å². The molecule has 0 aliphatic heterocycles. The van der Waals surface area contributed by atoms with Crippen molar-refractivity contribution in [2.24, 2.45) is 0 Å². The Morgan fingerprint density at radius 2 is 1.86 bits per heavy atom. The van der Waals surface area contributed by atoms with Crippen LogP contribution in [-0.2, 0) is 0 Å². The van der Waals surface area contributed by atoms with Gasteiger partial charge in [-0.15, -0.1) is 0 Å². The Labute approximate surface area is 124 Å². The molecule has 0 unspecified atom stereocenters. The second-order valence-corrected chi connectivity index (χ2v) is 4.96. The molecule has 5 heteroatoms. The molecule has 4 rings (SSSR count). The van der Waals surface area contributed by atoms with Crippen LogP contribution in [0.2, 0.25) is 0 Å². The number of aryl methyl sites for hydroxylation is 1. The molecule has 22 heavy (non-hydrogen) atoms. The van der Waals surface area contributed by atoms with Crippen LogP contribution in [0.5, 0.6) is 11.8 Å². The number of nitrogens with zero attached hydrogens (tertiary/aromatic N) is 1. The number of aromatic nitrogens is 1. The summed E-state index contributed by atoms with van der Waals surface area (Å²) in [6, 6.07) is 14.1. The lowest BCUT2D eigenvalue weighted by Gasteiger charge is -2.03. The molecule has 0 fully saturated rings. The highest BCUT2D eigenvalue weighted by molar-refractivity contribution is 5.81. The molecule has 0 spiro atoms. The van der Waals surface area contributed by atoms with E-state index in [0.29, 0.717) is 16.9 Å². The van der Waals surface area contributed by atoms with Crippen LogP contribution in [0.15, 0.2) is 62.2 Å². The van der Waals surface area contributed by atoms with Gasteiger partial charge in [-0.05, 0) is 36.8 Å². The molecule has 108 valence electrons. The summed E-state index contributed by atoms with van der Waals surface area (Å²) in [7, 11) is 0. The van der Waals surface area contributed by atoms with Gasteiger partial charge in [0.1, 0.15) is 16.8 Å². The summed E-state index contributed by atoms with van der Waals surface area (Å²) in [5, 5.41) is 0.865. The highest BCUT2D eigenvalue weighted by atomic mass is 16.6. The van der Waals surface area contributed by atoms with Crippen LogP contribution < -0.4 is 10.4 Å². The van der Waals surface area contributed by atoms with Gasteiger partial charge in [0.05, 0.1) is 0 Å². The van der Waals surface area contributed by atoms with E-state index in [4.69, 9.17) is 13.6 Å². The van der Waals surface area contributed by atoms with Crippen molar-refractivity contribution in [3.8, 4) is 11.8 Å². The lowest BCUT2D eigenvalue weighted by atomic mass is 10.1. The zero-order chi connectivity index (χ0) is 15.1. The molecule has 0 saturated carbocycles. The van der Waals surface area contributed by atoms with E-state index in [1.54, 1.807) is 12.1 Å². The first kappa shape index (κ1) is 12.6. The molecule has 4 aromatic rings. The molecule has 0 amide bonds. The molecule has 0 radical (unpaired) electrons. The normalized spacial score (nSPS) is 11.1. The molecule has 0 atom stereocenters. The van der Waals surface area contributed by atoms with Crippen molar-refractivity contribution >= 4 is 22.1 Å². The predicted octanol–water partition coefficient (Wildman–Crippen LogP) is 4.03. The number of hydrogen-bond donors (Lipinski definition) is 0. The summed E-state index contributed by atoms with van der Waals surface area (Å²) in [6.45, 7) is 1.86. The van der Waals surface area contributed by atoms with Crippen LogP contribution in [0.1, 0.15) is 5.56 Å². The Balaban J connectivity index is 1.76. The Morgan fingerprint density at radius 3 is 2.73 bits per heavy atom. The lowest BCUT2D eigenvalue weighted by molar-refractivity contribution is 0.343. The van der Waals surface area contributed by atoms with Gasteiger partial charge < -0.3 is 13.6 Å². The number of para-hydroxylation sites is 2. The number of fused-ring (bicyclic) bond motifs is 2. The lowest BCUT2D eigenvalue weighted by Crippen LogP contribution is -1.97. The summed E-state index contributed by atoms with van der Waals surface area (Å²) in [4.78, 5) is 15.7. The molecule has 0 aliphatic carbocycles. The maximum Gasteiger partial charge on any atom is 0.400 e. The fourth-order valence-electron chi connectivity index (χ4n) is 2.36. The second-order valence-electron chi connectivity index (χ2n) is 4.96. The highest BCUT2D eigenvalue weighted by Gasteiger charge is 2.09. The second kappa shape index (κ2) is 4.73. The van der Waals surface area contributed by atoms with E-state index in [1.165, 1.54) is 6.07 Å². The highest BCUT2D eigenvalue weighted by Crippen LogP contribution is 2.28. The van der Waals surface area contributed by atoms with Crippen LogP contribution in [0.4, 0.5) is 0 Å². The third-order valence-corrected chi connectivity index (χ3v) is 3.40. The average Bonchev–Trinajstić information content (AvgIpc) is 2.88. The summed E-state index contributed by atoms with van der Waals surface area (Å²) in [5.41, 5.74) is 2.32. The van der Waals surface area contributed by atoms with Crippen molar-refractivity contribution in [3.63, 3.8) is 0 Å². The summed E-state index contributed by atoms with van der Waals surface area (Å²) in [5.74, 6) is 0.493. The van der Waals surface area contributed by atoms with Crippen LogP contribution in [0.3, 0.4) is 0 Å². The number of ether oxygens (including phenoxy) is 1. The molecule has 0 aliphatic rings. The standard InChI is InChI=1S/C17H11NO4/c1-10-8-16(19)21-15-9-11(6-7-12(10)15)20-17-18-13-4-2-3-5-14(13)22-17/h2-9H,1H3. The van der Waals surface area contributed by atoms with Crippen molar-refractivity contribution in [3.05, 3.63) is 64.5 Å². The van der Waals surface area contributed by atoms with Gasteiger partial charge >= 0.3 is 11.7 Å². The molecule has 5 nitrogen and oxygen atoms in total. The Kier molecular flexibility index (Phi) is 2.72. The van der Waals surface area contributed by atoms with Gasteiger partial charge in [-0.25, -0.2) is 4.79 Å². The minimum Gasteiger partial charge on any atom is -0.423 e.